The lowest BCUT2D eigenvalue weighted by Gasteiger charge is -2.09. The van der Waals surface area contributed by atoms with Gasteiger partial charge in [0, 0.05) is 19.6 Å². The van der Waals surface area contributed by atoms with Gasteiger partial charge in [0.15, 0.2) is 0 Å². The van der Waals surface area contributed by atoms with Gasteiger partial charge in [-0.15, -0.1) is 0 Å². The number of β-amino-alcohol motifs (C(OH)–C–C–N with tert-alkyl or cyclic N) is 1. The molecule has 1 heterocycles. The third-order valence-corrected chi connectivity index (χ3v) is 2.07. The van der Waals surface area contributed by atoms with Crippen LogP contribution in [0.25, 0.3) is 0 Å². The molecule has 1 fully saturated rings. The molecular formula is C9H17NO4. The van der Waals surface area contributed by atoms with Crippen molar-refractivity contribution >= 4 is 5.97 Å². The monoisotopic (exact) mass is 203 g/mol. The molecule has 0 bridgehead atoms. The van der Waals surface area contributed by atoms with Crippen LogP contribution in [0.3, 0.4) is 0 Å². The molecule has 0 aromatic heterocycles. The van der Waals surface area contributed by atoms with Crippen LogP contribution >= 0.6 is 0 Å². The first-order valence-corrected chi connectivity index (χ1v) is 4.90. The lowest BCUT2D eigenvalue weighted by Crippen LogP contribution is -2.33. The number of rotatable bonds is 5. The highest BCUT2D eigenvalue weighted by atomic mass is 16.6. The molecule has 0 radical (unpaired) electrons. The number of esters is 1. The summed E-state index contributed by atoms with van der Waals surface area (Å²) in [4.78, 5) is 11.3. The highest BCUT2D eigenvalue weighted by Gasteiger charge is 2.28. The fourth-order valence-electron chi connectivity index (χ4n) is 1.34. The highest BCUT2D eigenvalue weighted by Crippen LogP contribution is 2.07. The fraction of sp³-hybridized carbons (Fsp3) is 0.889. The van der Waals surface area contributed by atoms with E-state index in [1.807, 2.05) is 6.92 Å². The Balaban J connectivity index is 2.09. The van der Waals surface area contributed by atoms with E-state index in [1.165, 1.54) is 0 Å². The maximum Gasteiger partial charge on any atom is 0.323 e. The molecule has 82 valence electrons. The normalized spacial score (nSPS) is 26.4. The largest absolute Gasteiger partial charge is 0.462 e. The fourth-order valence-corrected chi connectivity index (χ4v) is 1.34. The van der Waals surface area contributed by atoms with Crippen molar-refractivity contribution in [3.8, 4) is 0 Å². The van der Waals surface area contributed by atoms with Crippen LogP contribution in [-0.2, 0) is 14.3 Å². The molecule has 2 atom stereocenters. The molecular weight excluding hydrogens is 186 g/mol. The van der Waals surface area contributed by atoms with Crippen molar-refractivity contribution in [2.45, 2.75) is 25.5 Å². The summed E-state index contributed by atoms with van der Waals surface area (Å²) in [7, 11) is 0. The van der Waals surface area contributed by atoms with E-state index in [2.05, 4.69) is 5.32 Å². The Bertz CT molecular complexity index is 186. The Labute approximate surface area is 83.4 Å². The first-order valence-electron chi connectivity index (χ1n) is 4.90. The van der Waals surface area contributed by atoms with Gasteiger partial charge in [-0.3, -0.25) is 4.79 Å². The molecule has 1 aliphatic rings. The second-order valence-electron chi connectivity index (χ2n) is 3.21. The van der Waals surface area contributed by atoms with Gasteiger partial charge in [-0.2, -0.15) is 0 Å². The molecule has 5 nitrogen and oxygen atoms in total. The van der Waals surface area contributed by atoms with Gasteiger partial charge in [0.25, 0.3) is 0 Å². The minimum absolute atomic E-state index is 0.279. The maximum atomic E-state index is 11.3. The lowest BCUT2D eigenvalue weighted by molar-refractivity contribution is -0.147. The first-order chi connectivity index (χ1) is 6.74. The average Bonchev–Trinajstić information content (AvgIpc) is 2.59. The van der Waals surface area contributed by atoms with Gasteiger partial charge in [-0.1, -0.05) is 0 Å². The number of carbonyl (C=O) groups excluding carboxylic acids is 1. The Morgan fingerprint density at radius 2 is 2.36 bits per heavy atom. The van der Waals surface area contributed by atoms with E-state index in [-0.39, 0.29) is 18.6 Å². The summed E-state index contributed by atoms with van der Waals surface area (Å²) in [6.07, 6.45) is 0.00689. The average molecular weight is 203 g/mol. The van der Waals surface area contributed by atoms with Crippen molar-refractivity contribution in [1.29, 1.82) is 0 Å². The number of aliphatic hydroxyl groups excluding tert-OH is 1. The van der Waals surface area contributed by atoms with Gasteiger partial charge in [0.1, 0.15) is 12.6 Å². The standard InChI is InChI=1S/C9H17NO4/c1-2-13-3-4-14-9(12)8-5-7(11)6-10-8/h7-8,10-11H,2-6H2,1H3/t7-,8-/m1/s1. The van der Waals surface area contributed by atoms with Gasteiger partial charge in [0.05, 0.1) is 12.7 Å². The lowest BCUT2D eigenvalue weighted by atomic mass is 10.2. The Kier molecular flexibility index (Phi) is 4.86. The van der Waals surface area contributed by atoms with Crippen molar-refractivity contribution in [2.75, 3.05) is 26.4 Å². The van der Waals surface area contributed by atoms with Crippen molar-refractivity contribution in [3.05, 3.63) is 0 Å². The van der Waals surface area contributed by atoms with Gasteiger partial charge in [-0.05, 0) is 6.92 Å². The topological polar surface area (TPSA) is 67.8 Å². The number of hydrogen-bond donors (Lipinski definition) is 2. The summed E-state index contributed by atoms with van der Waals surface area (Å²) in [5, 5.41) is 12.0. The Morgan fingerprint density at radius 3 is 2.93 bits per heavy atom. The molecule has 5 heteroatoms. The molecule has 1 aliphatic heterocycles. The molecule has 1 saturated heterocycles. The molecule has 0 amide bonds. The van der Waals surface area contributed by atoms with Crippen LogP contribution < -0.4 is 5.32 Å². The Morgan fingerprint density at radius 1 is 1.57 bits per heavy atom. The molecule has 0 unspecified atom stereocenters. The third-order valence-electron chi connectivity index (χ3n) is 2.07. The minimum atomic E-state index is -0.431. The zero-order valence-corrected chi connectivity index (χ0v) is 8.36. The zero-order chi connectivity index (χ0) is 10.4. The summed E-state index contributed by atoms with van der Waals surface area (Å²) in [6.45, 7) is 3.68. The predicted octanol–water partition coefficient (Wildman–Crippen LogP) is -0.711. The summed E-state index contributed by atoms with van der Waals surface area (Å²) in [6, 6.07) is -0.355. The third kappa shape index (κ3) is 3.61. The number of ether oxygens (including phenoxy) is 2. The van der Waals surface area contributed by atoms with E-state index in [0.29, 0.717) is 26.2 Å². The van der Waals surface area contributed by atoms with Gasteiger partial charge in [0.2, 0.25) is 0 Å². The molecule has 0 saturated carbocycles. The summed E-state index contributed by atoms with van der Waals surface area (Å²) in [5.74, 6) is -0.304. The van der Waals surface area contributed by atoms with Gasteiger partial charge in [-0.25, -0.2) is 0 Å². The van der Waals surface area contributed by atoms with Crippen LogP contribution in [0.2, 0.25) is 0 Å². The van der Waals surface area contributed by atoms with E-state index >= 15 is 0 Å². The minimum Gasteiger partial charge on any atom is -0.462 e. The van der Waals surface area contributed by atoms with E-state index in [9.17, 15) is 4.79 Å². The molecule has 0 aromatic carbocycles. The summed E-state index contributed by atoms with van der Waals surface area (Å²) >= 11 is 0. The van der Waals surface area contributed by atoms with Crippen LogP contribution in [-0.4, -0.2) is 49.6 Å². The number of nitrogens with one attached hydrogen (secondary N) is 1. The maximum absolute atomic E-state index is 11.3. The summed E-state index contributed by atoms with van der Waals surface area (Å²) in [5.41, 5.74) is 0. The molecule has 0 aromatic rings. The van der Waals surface area contributed by atoms with Gasteiger partial charge < -0.3 is 19.9 Å². The van der Waals surface area contributed by atoms with E-state index < -0.39 is 6.10 Å². The van der Waals surface area contributed by atoms with Gasteiger partial charge >= 0.3 is 5.97 Å². The number of aliphatic hydroxyl groups is 1. The van der Waals surface area contributed by atoms with Crippen molar-refractivity contribution in [3.63, 3.8) is 0 Å². The SMILES string of the molecule is CCOCCOC(=O)[C@H]1C[C@@H](O)CN1. The van der Waals surface area contributed by atoms with Crippen LogP contribution in [0, 0.1) is 0 Å². The van der Waals surface area contributed by atoms with Crippen LogP contribution in [0.5, 0.6) is 0 Å². The smallest absolute Gasteiger partial charge is 0.323 e. The number of carbonyl (C=O) groups is 1. The van der Waals surface area contributed by atoms with Crippen LogP contribution in [0.15, 0.2) is 0 Å². The predicted molar refractivity (Wildman–Crippen MR) is 49.9 cm³/mol. The molecule has 1 rings (SSSR count). The number of hydrogen-bond acceptors (Lipinski definition) is 5. The highest BCUT2D eigenvalue weighted by molar-refractivity contribution is 5.76. The van der Waals surface area contributed by atoms with Crippen molar-refractivity contribution in [2.24, 2.45) is 0 Å². The second-order valence-corrected chi connectivity index (χ2v) is 3.21. The molecule has 0 aliphatic carbocycles. The first kappa shape index (κ1) is 11.4. The zero-order valence-electron chi connectivity index (χ0n) is 8.36. The van der Waals surface area contributed by atoms with E-state index in [1.54, 1.807) is 0 Å². The van der Waals surface area contributed by atoms with E-state index in [0.717, 1.165) is 0 Å². The van der Waals surface area contributed by atoms with Crippen molar-refractivity contribution < 1.29 is 19.4 Å². The van der Waals surface area contributed by atoms with Crippen molar-refractivity contribution in [1.82, 2.24) is 5.32 Å². The molecule has 0 spiro atoms. The second kappa shape index (κ2) is 5.95. The molecule has 2 N–H and O–H groups in total. The van der Waals surface area contributed by atoms with E-state index in [4.69, 9.17) is 14.6 Å². The Hall–Kier alpha value is -0.650. The quantitative estimate of drug-likeness (QED) is 0.456. The molecule has 14 heavy (non-hydrogen) atoms. The van der Waals surface area contributed by atoms with Crippen LogP contribution in [0.1, 0.15) is 13.3 Å². The summed E-state index contributed by atoms with van der Waals surface area (Å²) < 4.78 is 9.96. The van der Waals surface area contributed by atoms with Crippen LogP contribution in [0.4, 0.5) is 0 Å².